The van der Waals surface area contributed by atoms with Gasteiger partial charge in [0.25, 0.3) is 0 Å². The number of hydrogen-bond donors (Lipinski definition) is 2. The monoisotopic (exact) mass is 462 g/mol. The zero-order valence-corrected chi connectivity index (χ0v) is 20.9. The van der Waals surface area contributed by atoms with E-state index >= 15 is 0 Å². The lowest BCUT2D eigenvalue weighted by Crippen LogP contribution is -2.54. The van der Waals surface area contributed by atoms with Crippen LogP contribution in [0.2, 0.25) is 0 Å². The van der Waals surface area contributed by atoms with Crippen molar-refractivity contribution in [2.45, 2.75) is 104 Å². The second-order valence-corrected chi connectivity index (χ2v) is 12.5. The number of rotatable bonds is 7. The highest BCUT2D eigenvalue weighted by Gasteiger charge is 2.60. The Hall–Kier alpha value is -1.43. The molecule has 0 aromatic heterocycles. The van der Waals surface area contributed by atoms with E-state index in [1.165, 1.54) is 39.0 Å². The van der Waals surface area contributed by atoms with E-state index in [0.717, 1.165) is 37.5 Å². The van der Waals surface area contributed by atoms with Crippen molar-refractivity contribution in [1.29, 1.82) is 0 Å². The molecule has 0 radical (unpaired) electrons. The lowest BCUT2D eigenvalue weighted by molar-refractivity contribution is -0.143. The molecule has 4 aliphatic carbocycles. The number of carboxylic acids is 1. The Balaban J connectivity index is 1.44. The highest BCUT2D eigenvalue weighted by Crippen LogP contribution is 2.67. The number of aliphatic carboxylic acids is 1. The van der Waals surface area contributed by atoms with Crippen molar-refractivity contribution in [3.63, 3.8) is 0 Å². The first-order valence-electron chi connectivity index (χ1n) is 13.2. The third-order valence-corrected chi connectivity index (χ3v) is 11.0. The molecule has 1 unspecified atom stereocenters. The van der Waals surface area contributed by atoms with Crippen LogP contribution in [0.4, 0.5) is 0 Å². The number of nitrogens with one attached hydrogen (secondary N) is 1. The average molecular weight is 463 g/mol. The van der Waals surface area contributed by atoms with Crippen molar-refractivity contribution in [2.24, 2.45) is 46.3 Å². The first kappa shape index (κ1) is 24.7. The van der Waals surface area contributed by atoms with Gasteiger partial charge in [0.05, 0.1) is 0 Å². The van der Waals surface area contributed by atoms with Crippen molar-refractivity contribution in [1.82, 2.24) is 5.32 Å². The fourth-order valence-corrected chi connectivity index (χ4v) is 9.19. The molecule has 0 heterocycles. The zero-order valence-electron chi connectivity index (χ0n) is 20.9. The van der Waals surface area contributed by atoms with Gasteiger partial charge < -0.3 is 10.2 Å². The predicted molar refractivity (Wildman–Crippen MR) is 127 cm³/mol. The van der Waals surface area contributed by atoms with Gasteiger partial charge >= 0.3 is 11.9 Å². The van der Waals surface area contributed by atoms with Gasteiger partial charge in [-0.15, -0.1) is 0 Å². The second-order valence-electron chi connectivity index (χ2n) is 12.5. The van der Waals surface area contributed by atoms with Crippen molar-refractivity contribution >= 4 is 17.7 Å². The van der Waals surface area contributed by atoms with E-state index in [4.69, 9.17) is 5.11 Å². The Morgan fingerprint density at radius 3 is 2.30 bits per heavy atom. The summed E-state index contributed by atoms with van der Waals surface area (Å²) in [6.07, 6.45) is 11.1. The number of carbonyl (C=O) groups excluding carboxylic acids is 2. The molecule has 4 aliphatic rings. The molecular formula is C27H44NO5+. The van der Waals surface area contributed by atoms with Gasteiger partial charge in [-0.25, -0.2) is 0 Å². The van der Waals surface area contributed by atoms with Crippen molar-refractivity contribution in [2.75, 3.05) is 0 Å². The number of fused-ring (bicyclic) bond motifs is 5. The Morgan fingerprint density at radius 1 is 1.00 bits per heavy atom. The van der Waals surface area contributed by atoms with Gasteiger partial charge in [-0.3, -0.25) is 14.9 Å². The molecule has 0 aliphatic heterocycles. The molecule has 0 aromatic rings. The molecule has 4 saturated carbocycles. The van der Waals surface area contributed by atoms with E-state index in [2.05, 4.69) is 19.2 Å². The minimum absolute atomic E-state index is 0.196. The van der Waals surface area contributed by atoms with Gasteiger partial charge in [0, 0.05) is 10.7 Å². The summed E-state index contributed by atoms with van der Waals surface area (Å²) in [5.41, 5.74) is 0.527. The third kappa shape index (κ3) is 4.26. The summed E-state index contributed by atoms with van der Waals surface area (Å²) in [5, 5.41) is 19.7. The van der Waals surface area contributed by atoms with Crippen LogP contribution in [-0.4, -0.2) is 40.0 Å². The fourth-order valence-electron chi connectivity index (χ4n) is 9.19. The van der Waals surface area contributed by atoms with E-state index in [9.17, 15) is 19.5 Å². The van der Waals surface area contributed by atoms with Crippen LogP contribution < -0.4 is 5.32 Å². The predicted octanol–water partition coefficient (Wildman–Crippen LogP) is 3.92. The first-order chi connectivity index (χ1) is 15.5. The molecule has 4 fully saturated rings. The zero-order chi connectivity index (χ0) is 24.1. The van der Waals surface area contributed by atoms with Crippen molar-refractivity contribution in [3.8, 4) is 0 Å². The summed E-state index contributed by atoms with van der Waals surface area (Å²) >= 11 is 0. The van der Waals surface area contributed by atoms with Crippen LogP contribution in [0.5, 0.6) is 0 Å². The maximum absolute atomic E-state index is 12.4. The Labute approximate surface area is 198 Å². The summed E-state index contributed by atoms with van der Waals surface area (Å²) in [4.78, 5) is 35.5. The summed E-state index contributed by atoms with van der Waals surface area (Å²) in [5.74, 6) is 2.14. The molecule has 6 nitrogen and oxygen atoms in total. The van der Waals surface area contributed by atoms with E-state index in [1.54, 1.807) is 6.92 Å². The number of Topliss-reactive ketones (excluding diaryl/α,β-unsaturated/α-hetero) is 1. The summed E-state index contributed by atoms with van der Waals surface area (Å²) in [7, 11) is 0. The van der Waals surface area contributed by atoms with E-state index in [-0.39, 0.29) is 11.3 Å². The maximum Gasteiger partial charge on any atom is 0.533 e. The standard InChI is InChI=1S/C27H43NO5/c1-15(24(30)31)28-23(25(32)33)14-17-9-11-26(3)18(13-17)5-6-19-21-8-7-20(16(2)29)27(21,4)12-10-22(19)26/h15,17-23,28H,5-14H2,1-4H3,(H,30,31)(H,32,33)/p+1/t15-,17-,18-,19-,20+,21-,22-,23?,26-,27+/m0/s1. The van der Waals surface area contributed by atoms with Crippen LogP contribution in [0.1, 0.15) is 91.9 Å². The van der Waals surface area contributed by atoms with Crippen LogP contribution in [0.25, 0.3) is 0 Å². The van der Waals surface area contributed by atoms with Crippen LogP contribution in [0.15, 0.2) is 0 Å². The van der Waals surface area contributed by atoms with Gasteiger partial charge in [0.1, 0.15) is 11.8 Å². The normalized spacial score (nSPS) is 44.1. The Bertz CT molecular complexity index is 797. The number of ketones is 1. The van der Waals surface area contributed by atoms with E-state index < -0.39 is 24.0 Å². The van der Waals surface area contributed by atoms with E-state index in [1.807, 2.05) is 0 Å². The number of carbonyl (C=O) groups is 3. The average Bonchev–Trinajstić information content (AvgIpc) is 3.10. The highest BCUT2D eigenvalue weighted by molar-refractivity contribution is 5.79. The lowest BCUT2D eigenvalue weighted by atomic mass is 9.44. The topological polar surface area (TPSA) is 106 Å². The largest absolute Gasteiger partial charge is 0.564 e. The molecule has 186 valence electrons. The van der Waals surface area contributed by atoms with Crippen LogP contribution in [-0.2, 0) is 14.4 Å². The molecular weight excluding hydrogens is 418 g/mol. The molecule has 0 bridgehead atoms. The highest BCUT2D eigenvalue weighted by atomic mass is 16.4. The van der Waals surface area contributed by atoms with Gasteiger partial charge in [0.2, 0.25) is 0 Å². The molecule has 10 atom stereocenters. The molecule has 6 heteroatoms. The Kier molecular flexibility index (Phi) is 6.71. The van der Waals surface area contributed by atoms with Gasteiger partial charge in [0.15, 0.2) is 6.04 Å². The SMILES string of the molecule is CC(=O)[C@H]1CC[C@H]2[C@@H]3CC[C@H]4C[C@@H](CC(N[C@@H](C)C(=O)O)C(=O)[OH2+])CC[C@]4(C)[C@H]3CC[C@]12C. The van der Waals surface area contributed by atoms with Gasteiger partial charge in [-0.1, -0.05) is 13.8 Å². The number of carboxylic acid groups (broad SMARTS) is 1. The minimum Gasteiger partial charge on any atom is -0.564 e. The second kappa shape index (κ2) is 8.98. The maximum atomic E-state index is 12.4. The molecule has 0 amide bonds. The van der Waals surface area contributed by atoms with Gasteiger partial charge in [-0.2, -0.15) is 0 Å². The quantitative estimate of drug-likeness (QED) is 0.558. The first-order valence-corrected chi connectivity index (χ1v) is 13.2. The van der Waals surface area contributed by atoms with E-state index in [0.29, 0.717) is 35.4 Å². The van der Waals surface area contributed by atoms with Crippen LogP contribution in [0.3, 0.4) is 0 Å². The van der Waals surface area contributed by atoms with Crippen LogP contribution >= 0.6 is 0 Å². The smallest absolute Gasteiger partial charge is 0.533 e. The lowest BCUT2D eigenvalue weighted by Gasteiger charge is -2.61. The molecule has 33 heavy (non-hydrogen) atoms. The van der Waals surface area contributed by atoms with Gasteiger partial charge in [-0.05, 0) is 118 Å². The molecule has 4 N–H and O–H groups in total. The number of hydrogen-bond acceptors (Lipinski definition) is 4. The van der Waals surface area contributed by atoms with Crippen molar-refractivity contribution < 1.29 is 24.6 Å². The molecule has 0 spiro atoms. The van der Waals surface area contributed by atoms with Crippen LogP contribution in [0, 0.1) is 46.3 Å². The Morgan fingerprint density at radius 2 is 1.67 bits per heavy atom. The summed E-state index contributed by atoms with van der Waals surface area (Å²) in [6.45, 7) is 8.25. The molecule has 0 aromatic carbocycles. The summed E-state index contributed by atoms with van der Waals surface area (Å²) < 4.78 is 0. The molecule has 0 saturated heterocycles. The van der Waals surface area contributed by atoms with Crippen molar-refractivity contribution in [3.05, 3.63) is 0 Å². The molecule has 4 rings (SSSR count). The fraction of sp³-hybridized carbons (Fsp3) is 0.889. The summed E-state index contributed by atoms with van der Waals surface area (Å²) in [6, 6.07) is -1.52. The third-order valence-electron chi connectivity index (χ3n) is 11.0. The minimum atomic E-state index is -0.987.